The average Bonchev–Trinajstić information content (AvgIpc) is 3.31. The van der Waals surface area contributed by atoms with Crippen molar-refractivity contribution in [3.8, 4) is 0 Å². The van der Waals surface area contributed by atoms with Crippen LogP contribution in [-0.2, 0) is 4.79 Å². The summed E-state index contributed by atoms with van der Waals surface area (Å²) < 4.78 is 10.4. The molecule has 0 fully saturated rings. The largest absolute Gasteiger partial charge is 0.472 e. The summed E-state index contributed by atoms with van der Waals surface area (Å²) in [4.78, 5) is 26.5. The molecule has 2 amide bonds. The van der Waals surface area contributed by atoms with Gasteiger partial charge in [0, 0.05) is 6.54 Å². The Morgan fingerprint density at radius 3 is 2.52 bits per heavy atom. The lowest BCUT2D eigenvalue weighted by Crippen LogP contribution is -2.47. The van der Waals surface area contributed by atoms with Gasteiger partial charge in [0.1, 0.15) is 18.1 Å². The van der Waals surface area contributed by atoms with Crippen LogP contribution in [0.4, 0.5) is 0 Å². The van der Waals surface area contributed by atoms with E-state index in [1.165, 1.54) is 12.5 Å². The first-order valence-corrected chi connectivity index (χ1v) is 8.45. The third kappa shape index (κ3) is 4.96. The number of furan rings is 2. The Morgan fingerprint density at radius 1 is 1.20 bits per heavy atom. The van der Waals surface area contributed by atoms with Crippen molar-refractivity contribution in [2.24, 2.45) is 0 Å². The van der Waals surface area contributed by atoms with Gasteiger partial charge < -0.3 is 19.5 Å². The molecule has 2 N–H and O–H groups in total. The van der Waals surface area contributed by atoms with Crippen molar-refractivity contribution in [3.05, 3.63) is 48.3 Å². The van der Waals surface area contributed by atoms with Crippen molar-refractivity contribution in [2.45, 2.75) is 32.9 Å². The minimum Gasteiger partial charge on any atom is -0.472 e. The van der Waals surface area contributed by atoms with E-state index in [-0.39, 0.29) is 17.9 Å². The van der Waals surface area contributed by atoms with Gasteiger partial charge in [-0.15, -0.1) is 0 Å². The summed E-state index contributed by atoms with van der Waals surface area (Å²) in [6.45, 7) is 7.85. The maximum Gasteiger partial charge on any atom is 0.255 e. The molecule has 0 saturated heterocycles. The van der Waals surface area contributed by atoms with Gasteiger partial charge in [-0.1, -0.05) is 13.8 Å². The van der Waals surface area contributed by atoms with Crippen LogP contribution in [0.1, 0.15) is 42.9 Å². The number of hydrogen-bond donors (Lipinski definition) is 2. The standard InChI is InChI=1S/C18H25N3O4/c1-4-21(5-2)15(16-7-6-9-25-16)11-19-17(22)13(3)20-18(23)14-8-10-24-12-14/h6-10,12-13,15H,4-5,11H2,1-3H3,(H,19,22)(H,20,23)/t13-,15+/m1/s1. The van der Waals surface area contributed by atoms with Crippen molar-refractivity contribution in [3.63, 3.8) is 0 Å². The molecule has 0 spiro atoms. The van der Waals surface area contributed by atoms with Crippen LogP contribution < -0.4 is 10.6 Å². The summed E-state index contributed by atoms with van der Waals surface area (Å²) in [6.07, 6.45) is 4.38. The number of likely N-dealkylation sites (N-methyl/N-ethyl adjacent to an activating group) is 1. The van der Waals surface area contributed by atoms with E-state index in [0.717, 1.165) is 18.8 Å². The van der Waals surface area contributed by atoms with E-state index >= 15 is 0 Å². The highest BCUT2D eigenvalue weighted by atomic mass is 16.3. The normalized spacial score (nSPS) is 13.4. The number of nitrogens with one attached hydrogen (secondary N) is 2. The van der Waals surface area contributed by atoms with E-state index < -0.39 is 6.04 Å². The minimum atomic E-state index is -0.656. The second-order valence-electron chi connectivity index (χ2n) is 5.70. The Balaban J connectivity index is 1.92. The molecule has 2 aromatic rings. The molecule has 136 valence electrons. The maximum atomic E-state index is 12.3. The topological polar surface area (TPSA) is 87.7 Å². The third-order valence-corrected chi connectivity index (χ3v) is 4.12. The van der Waals surface area contributed by atoms with Gasteiger partial charge in [0.05, 0.1) is 24.1 Å². The third-order valence-electron chi connectivity index (χ3n) is 4.12. The van der Waals surface area contributed by atoms with E-state index in [4.69, 9.17) is 8.83 Å². The number of nitrogens with zero attached hydrogens (tertiary/aromatic N) is 1. The molecule has 2 rings (SSSR count). The van der Waals surface area contributed by atoms with Crippen molar-refractivity contribution in [1.82, 2.24) is 15.5 Å². The first-order chi connectivity index (χ1) is 12.1. The van der Waals surface area contributed by atoms with E-state index in [2.05, 4.69) is 29.4 Å². The Bertz CT molecular complexity index is 648. The molecule has 0 bridgehead atoms. The van der Waals surface area contributed by atoms with Gasteiger partial charge in [0.15, 0.2) is 0 Å². The minimum absolute atomic E-state index is 0.0503. The van der Waals surface area contributed by atoms with Gasteiger partial charge in [-0.05, 0) is 38.2 Å². The van der Waals surface area contributed by atoms with Crippen LogP contribution in [0.15, 0.2) is 45.8 Å². The molecule has 0 radical (unpaired) electrons. The fraction of sp³-hybridized carbons (Fsp3) is 0.444. The number of amides is 2. The highest BCUT2D eigenvalue weighted by molar-refractivity contribution is 5.97. The first-order valence-electron chi connectivity index (χ1n) is 8.45. The number of rotatable bonds is 9. The predicted molar refractivity (Wildman–Crippen MR) is 93.0 cm³/mol. The zero-order chi connectivity index (χ0) is 18.2. The molecule has 2 heterocycles. The van der Waals surface area contributed by atoms with Crippen LogP contribution in [0.5, 0.6) is 0 Å². The molecule has 0 aliphatic carbocycles. The molecule has 0 aliphatic rings. The molecule has 2 aromatic heterocycles. The Hall–Kier alpha value is -2.54. The van der Waals surface area contributed by atoms with Crippen molar-refractivity contribution in [2.75, 3.05) is 19.6 Å². The van der Waals surface area contributed by atoms with Gasteiger partial charge in [-0.25, -0.2) is 0 Å². The summed E-state index contributed by atoms with van der Waals surface area (Å²) in [5.41, 5.74) is 0.385. The zero-order valence-electron chi connectivity index (χ0n) is 14.8. The molecular formula is C18H25N3O4. The fourth-order valence-electron chi connectivity index (χ4n) is 2.64. The molecule has 0 saturated carbocycles. The monoisotopic (exact) mass is 347 g/mol. The van der Waals surface area contributed by atoms with E-state index in [1.807, 2.05) is 12.1 Å². The molecular weight excluding hydrogens is 322 g/mol. The fourth-order valence-corrected chi connectivity index (χ4v) is 2.64. The summed E-state index contributed by atoms with van der Waals surface area (Å²) in [6, 6.07) is 4.58. The molecule has 0 aliphatic heterocycles. The lowest BCUT2D eigenvalue weighted by Gasteiger charge is -2.28. The Kier molecular flexibility index (Phi) is 6.82. The highest BCUT2D eigenvalue weighted by Crippen LogP contribution is 2.20. The summed E-state index contributed by atoms with van der Waals surface area (Å²) in [5.74, 6) is 0.211. The van der Waals surface area contributed by atoms with Gasteiger partial charge in [-0.2, -0.15) is 0 Å². The average molecular weight is 347 g/mol. The van der Waals surface area contributed by atoms with E-state index in [9.17, 15) is 9.59 Å². The number of carbonyl (C=O) groups excluding carboxylic acids is 2. The van der Waals surface area contributed by atoms with Crippen LogP contribution in [0, 0.1) is 0 Å². The first kappa shape index (κ1) is 18.8. The second kappa shape index (κ2) is 9.08. The van der Waals surface area contributed by atoms with Gasteiger partial charge >= 0.3 is 0 Å². The summed E-state index contributed by atoms with van der Waals surface area (Å²) in [5, 5.41) is 5.54. The van der Waals surface area contributed by atoms with Crippen LogP contribution in [0.2, 0.25) is 0 Å². The van der Waals surface area contributed by atoms with Crippen LogP contribution in [0.3, 0.4) is 0 Å². The second-order valence-corrected chi connectivity index (χ2v) is 5.70. The van der Waals surface area contributed by atoms with Crippen molar-refractivity contribution in [1.29, 1.82) is 0 Å². The molecule has 7 nitrogen and oxygen atoms in total. The van der Waals surface area contributed by atoms with Crippen LogP contribution in [-0.4, -0.2) is 42.4 Å². The molecule has 7 heteroatoms. The number of hydrogen-bond acceptors (Lipinski definition) is 5. The molecule has 2 atom stereocenters. The van der Waals surface area contributed by atoms with Gasteiger partial charge in [-0.3, -0.25) is 14.5 Å². The highest BCUT2D eigenvalue weighted by Gasteiger charge is 2.23. The van der Waals surface area contributed by atoms with Crippen molar-refractivity contribution < 1.29 is 18.4 Å². The Morgan fingerprint density at radius 2 is 1.96 bits per heavy atom. The number of carbonyl (C=O) groups is 2. The quantitative estimate of drug-likeness (QED) is 0.726. The van der Waals surface area contributed by atoms with E-state index in [1.54, 1.807) is 19.3 Å². The zero-order valence-corrected chi connectivity index (χ0v) is 14.8. The SMILES string of the molecule is CCN(CC)[C@@H](CNC(=O)[C@@H](C)NC(=O)c1ccoc1)c1ccco1. The molecule has 25 heavy (non-hydrogen) atoms. The maximum absolute atomic E-state index is 12.3. The van der Waals surface area contributed by atoms with Gasteiger partial charge in [0.2, 0.25) is 5.91 Å². The molecule has 0 unspecified atom stereocenters. The smallest absolute Gasteiger partial charge is 0.255 e. The molecule has 0 aromatic carbocycles. The summed E-state index contributed by atoms with van der Waals surface area (Å²) in [7, 11) is 0. The lowest BCUT2D eigenvalue weighted by molar-refractivity contribution is -0.122. The van der Waals surface area contributed by atoms with Crippen LogP contribution >= 0.6 is 0 Å². The Labute approximate surface area is 147 Å². The lowest BCUT2D eigenvalue weighted by atomic mass is 10.1. The van der Waals surface area contributed by atoms with Crippen LogP contribution in [0.25, 0.3) is 0 Å². The van der Waals surface area contributed by atoms with Gasteiger partial charge in [0.25, 0.3) is 5.91 Å². The van der Waals surface area contributed by atoms with E-state index in [0.29, 0.717) is 12.1 Å². The predicted octanol–water partition coefficient (Wildman–Crippen LogP) is 2.19. The summed E-state index contributed by atoms with van der Waals surface area (Å²) >= 11 is 0. The van der Waals surface area contributed by atoms with Crippen molar-refractivity contribution >= 4 is 11.8 Å².